The van der Waals surface area contributed by atoms with Crippen molar-refractivity contribution >= 4 is 5.65 Å². The first-order valence-corrected chi connectivity index (χ1v) is 6.44. The minimum absolute atomic E-state index is 0.159. The van der Waals surface area contributed by atoms with E-state index in [0.717, 1.165) is 16.8 Å². The maximum Gasteiger partial charge on any atom is 0.274 e. The summed E-state index contributed by atoms with van der Waals surface area (Å²) in [5.41, 5.74) is 3.01. The molecule has 0 fully saturated rings. The van der Waals surface area contributed by atoms with Crippen molar-refractivity contribution in [3.63, 3.8) is 0 Å². The summed E-state index contributed by atoms with van der Waals surface area (Å²) in [4.78, 5) is 15.1. The minimum Gasteiger partial charge on any atom is -0.493 e. The molecule has 0 saturated carbocycles. The number of nitrogens with one attached hydrogen (secondary N) is 1. The van der Waals surface area contributed by atoms with Crippen molar-refractivity contribution in [1.29, 1.82) is 0 Å². The molecular formula is C15H15N3O3. The highest BCUT2D eigenvalue weighted by atomic mass is 16.5. The maximum absolute atomic E-state index is 11.9. The van der Waals surface area contributed by atoms with E-state index in [2.05, 4.69) is 10.1 Å². The molecule has 3 rings (SSSR count). The number of nitrogens with zero attached hydrogens (tertiary/aromatic N) is 2. The quantitative estimate of drug-likeness (QED) is 0.799. The normalized spacial score (nSPS) is 10.8. The molecule has 108 valence electrons. The largest absolute Gasteiger partial charge is 0.493 e. The predicted octanol–water partition coefficient (Wildman–Crippen LogP) is 2.02. The number of benzene rings is 1. The molecule has 1 N–H and O–H groups in total. The molecule has 0 aliphatic heterocycles. The van der Waals surface area contributed by atoms with Gasteiger partial charge in [0.05, 0.1) is 20.4 Å². The third-order valence-electron chi connectivity index (χ3n) is 3.33. The van der Waals surface area contributed by atoms with Gasteiger partial charge < -0.3 is 14.5 Å². The van der Waals surface area contributed by atoms with Gasteiger partial charge in [0, 0.05) is 17.3 Å². The monoisotopic (exact) mass is 285 g/mol. The molecule has 6 heteroatoms. The molecule has 0 atom stereocenters. The minimum atomic E-state index is -0.159. The van der Waals surface area contributed by atoms with E-state index in [1.165, 1.54) is 10.6 Å². The van der Waals surface area contributed by atoms with Crippen LogP contribution in [0.3, 0.4) is 0 Å². The molecule has 0 radical (unpaired) electrons. The molecule has 0 bridgehead atoms. The summed E-state index contributed by atoms with van der Waals surface area (Å²) in [5, 5.41) is 4.13. The number of H-pyrrole nitrogens is 1. The summed E-state index contributed by atoms with van der Waals surface area (Å²) in [6.45, 7) is 1.84. The Morgan fingerprint density at radius 3 is 2.62 bits per heavy atom. The summed E-state index contributed by atoms with van der Waals surface area (Å²) >= 11 is 0. The van der Waals surface area contributed by atoms with Crippen molar-refractivity contribution in [2.24, 2.45) is 0 Å². The second-order valence-corrected chi connectivity index (χ2v) is 4.68. The molecule has 2 heterocycles. The molecule has 0 amide bonds. The molecular weight excluding hydrogens is 270 g/mol. The molecule has 6 nitrogen and oxygen atoms in total. The zero-order chi connectivity index (χ0) is 15.0. The van der Waals surface area contributed by atoms with Gasteiger partial charge in [0.15, 0.2) is 11.5 Å². The Morgan fingerprint density at radius 2 is 1.90 bits per heavy atom. The van der Waals surface area contributed by atoms with Crippen LogP contribution in [0.1, 0.15) is 5.69 Å². The van der Waals surface area contributed by atoms with Crippen molar-refractivity contribution in [1.82, 2.24) is 14.6 Å². The highest BCUT2D eigenvalue weighted by Gasteiger charge is 2.12. The smallest absolute Gasteiger partial charge is 0.274 e. The first kappa shape index (κ1) is 13.2. The number of aromatic amines is 1. The van der Waals surface area contributed by atoms with Crippen molar-refractivity contribution in [3.8, 4) is 22.6 Å². The number of ether oxygens (including phenoxy) is 2. The first-order chi connectivity index (χ1) is 10.1. The van der Waals surface area contributed by atoms with Crippen LogP contribution in [0, 0.1) is 6.92 Å². The number of fused-ring (bicyclic) bond motifs is 1. The number of methoxy groups -OCH3 is 2. The van der Waals surface area contributed by atoms with Crippen LogP contribution in [0.4, 0.5) is 0 Å². The SMILES string of the molecule is COc1ccc(-c2cnn3c(=O)cc(C)[nH]c23)cc1OC. The van der Waals surface area contributed by atoms with Crippen LogP contribution in [0.2, 0.25) is 0 Å². The van der Waals surface area contributed by atoms with Crippen molar-refractivity contribution in [3.05, 3.63) is 46.5 Å². The fraction of sp³-hybridized carbons (Fsp3) is 0.200. The van der Waals surface area contributed by atoms with Gasteiger partial charge in [-0.05, 0) is 24.6 Å². The Morgan fingerprint density at radius 1 is 1.14 bits per heavy atom. The Labute approximate surface area is 120 Å². The van der Waals surface area contributed by atoms with Gasteiger partial charge in [-0.3, -0.25) is 4.79 Å². The molecule has 2 aromatic heterocycles. The van der Waals surface area contributed by atoms with Gasteiger partial charge >= 0.3 is 0 Å². The lowest BCUT2D eigenvalue weighted by atomic mass is 10.1. The first-order valence-electron chi connectivity index (χ1n) is 6.44. The average molecular weight is 285 g/mol. The van der Waals surface area contributed by atoms with Crippen LogP contribution in [0.5, 0.6) is 11.5 Å². The summed E-state index contributed by atoms with van der Waals surface area (Å²) < 4.78 is 11.9. The van der Waals surface area contributed by atoms with E-state index in [1.54, 1.807) is 20.4 Å². The van der Waals surface area contributed by atoms with E-state index in [9.17, 15) is 4.79 Å². The Kier molecular flexibility index (Phi) is 3.13. The average Bonchev–Trinajstić information content (AvgIpc) is 2.90. The van der Waals surface area contributed by atoms with E-state index in [0.29, 0.717) is 17.1 Å². The molecule has 0 saturated heterocycles. The lowest BCUT2D eigenvalue weighted by molar-refractivity contribution is 0.355. The Bertz CT molecular complexity index is 864. The van der Waals surface area contributed by atoms with Crippen LogP contribution >= 0.6 is 0 Å². The van der Waals surface area contributed by atoms with Gasteiger partial charge in [-0.1, -0.05) is 6.07 Å². The van der Waals surface area contributed by atoms with Crippen LogP contribution in [0.15, 0.2) is 35.3 Å². The van der Waals surface area contributed by atoms with E-state index < -0.39 is 0 Å². The molecule has 3 aromatic rings. The van der Waals surface area contributed by atoms with Gasteiger partial charge in [0.25, 0.3) is 5.56 Å². The van der Waals surface area contributed by atoms with Gasteiger partial charge in [0.2, 0.25) is 0 Å². The maximum atomic E-state index is 11.9. The van der Waals surface area contributed by atoms with Gasteiger partial charge in [-0.2, -0.15) is 9.61 Å². The third kappa shape index (κ3) is 2.14. The molecule has 0 aliphatic rings. The predicted molar refractivity (Wildman–Crippen MR) is 79.1 cm³/mol. The van der Waals surface area contributed by atoms with Gasteiger partial charge in [-0.15, -0.1) is 0 Å². The second kappa shape index (κ2) is 4.97. The second-order valence-electron chi connectivity index (χ2n) is 4.68. The van der Waals surface area contributed by atoms with Gasteiger partial charge in [0.1, 0.15) is 5.65 Å². The highest BCUT2D eigenvalue weighted by molar-refractivity contribution is 5.78. The van der Waals surface area contributed by atoms with E-state index >= 15 is 0 Å². The molecule has 1 aromatic carbocycles. The Balaban J connectivity index is 2.23. The number of hydrogen-bond acceptors (Lipinski definition) is 4. The number of hydrogen-bond donors (Lipinski definition) is 1. The number of aromatic nitrogens is 3. The summed E-state index contributed by atoms with van der Waals surface area (Å²) in [7, 11) is 3.18. The zero-order valence-electron chi connectivity index (χ0n) is 12.0. The molecule has 0 unspecified atom stereocenters. The number of rotatable bonds is 3. The van der Waals surface area contributed by atoms with Gasteiger partial charge in [-0.25, -0.2) is 0 Å². The third-order valence-corrected chi connectivity index (χ3v) is 3.33. The van der Waals surface area contributed by atoms with Crippen molar-refractivity contribution in [2.45, 2.75) is 6.92 Å². The van der Waals surface area contributed by atoms with Crippen LogP contribution < -0.4 is 15.0 Å². The van der Waals surface area contributed by atoms with Crippen LogP contribution in [0.25, 0.3) is 16.8 Å². The zero-order valence-corrected chi connectivity index (χ0v) is 12.0. The Hall–Kier alpha value is -2.76. The summed E-state index contributed by atoms with van der Waals surface area (Å²) in [6, 6.07) is 7.10. The topological polar surface area (TPSA) is 68.6 Å². The summed E-state index contributed by atoms with van der Waals surface area (Å²) in [5.74, 6) is 1.28. The number of aryl methyl sites for hydroxylation is 1. The molecule has 21 heavy (non-hydrogen) atoms. The van der Waals surface area contributed by atoms with Crippen LogP contribution in [-0.2, 0) is 0 Å². The standard InChI is InChI=1S/C15H15N3O3/c1-9-6-14(19)18-15(17-9)11(8-16-18)10-4-5-12(20-2)13(7-10)21-3/h4-8,17H,1-3H3. The molecule has 0 aliphatic carbocycles. The van der Waals surface area contributed by atoms with Crippen molar-refractivity contribution in [2.75, 3.05) is 14.2 Å². The summed E-state index contributed by atoms with van der Waals surface area (Å²) in [6.07, 6.45) is 1.66. The molecule has 0 spiro atoms. The lowest BCUT2D eigenvalue weighted by Gasteiger charge is -2.09. The highest BCUT2D eigenvalue weighted by Crippen LogP contribution is 2.33. The van der Waals surface area contributed by atoms with E-state index in [1.807, 2.05) is 25.1 Å². The fourth-order valence-corrected chi connectivity index (χ4v) is 2.32. The fourth-order valence-electron chi connectivity index (χ4n) is 2.32. The lowest BCUT2D eigenvalue weighted by Crippen LogP contribution is -2.14. The van der Waals surface area contributed by atoms with E-state index in [4.69, 9.17) is 9.47 Å². The van der Waals surface area contributed by atoms with Crippen molar-refractivity contribution < 1.29 is 9.47 Å². The van der Waals surface area contributed by atoms with Crippen LogP contribution in [-0.4, -0.2) is 28.8 Å². The van der Waals surface area contributed by atoms with E-state index in [-0.39, 0.29) is 5.56 Å².